The summed E-state index contributed by atoms with van der Waals surface area (Å²) in [6.45, 7) is 3.25. The van der Waals surface area contributed by atoms with Crippen molar-refractivity contribution in [2.45, 2.75) is 0 Å². The Morgan fingerprint density at radius 2 is 2.27 bits per heavy atom. The Morgan fingerprint density at radius 3 is 2.64 bits per heavy atom. The van der Waals surface area contributed by atoms with Crippen LogP contribution >= 0.6 is 10.7 Å². The average molecular weight is 193 g/mol. The second-order valence-corrected chi connectivity index (χ2v) is 4.43. The van der Waals surface area contributed by atoms with Crippen LogP contribution in [0.1, 0.15) is 5.76 Å². The molecule has 11 heavy (non-hydrogen) atoms. The Hall–Kier alpha value is -0.740. The number of rotatable bonds is 2. The van der Waals surface area contributed by atoms with Crippen molar-refractivity contribution in [3.63, 3.8) is 0 Å². The molecule has 0 fully saturated rings. The van der Waals surface area contributed by atoms with Crippen LogP contribution in [0.4, 0.5) is 0 Å². The first-order valence-corrected chi connectivity index (χ1v) is 5.00. The van der Waals surface area contributed by atoms with Crippen LogP contribution in [0.25, 0.3) is 4.91 Å². The molecule has 0 aliphatic carbocycles. The molecule has 1 rings (SSSR count). The second-order valence-electron chi connectivity index (χ2n) is 1.84. The zero-order valence-electron chi connectivity index (χ0n) is 5.45. The highest BCUT2D eigenvalue weighted by molar-refractivity contribution is 8.21. The molecule has 0 aliphatic heterocycles. The fourth-order valence-corrected chi connectivity index (χ4v) is 1.14. The van der Waals surface area contributed by atoms with E-state index in [4.69, 9.17) is 15.1 Å². The molecule has 1 aromatic rings. The van der Waals surface area contributed by atoms with Gasteiger partial charge in [0.25, 0.3) is 9.05 Å². The summed E-state index contributed by atoms with van der Waals surface area (Å²) in [5.74, 6) is 0.167. The maximum Gasteiger partial charge on any atom is 0.264 e. The van der Waals surface area contributed by atoms with E-state index in [-0.39, 0.29) is 10.7 Å². The van der Waals surface area contributed by atoms with Crippen molar-refractivity contribution in [3.8, 4) is 0 Å². The number of hydrogen-bond donors (Lipinski definition) is 0. The van der Waals surface area contributed by atoms with Gasteiger partial charge < -0.3 is 4.42 Å². The monoisotopic (exact) mass is 192 g/mol. The smallest absolute Gasteiger partial charge is 0.264 e. The molecule has 0 aromatic carbocycles. The van der Waals surface area contributed by atoms with E-state index in [1.165, 1.54) is 12.3 Å². The average Bonchev–Trinajstić information content (AvgIpc) is 2.34. The fourth-order valence-electron chi connectivity index (χ4n) is 0.557. The topological polar surface area (TPSA) is 47.3 Å². The third-order valence-corrected chi connectivity index (χ3v) is 2.44. The molecule has 0 bridgehead atoms. The molecule has 0 saturated carbocycles. The molecule has 1 heterocycles. The van der Waals surface area contributed by atoms with Gasteiger partial charge in [-0.25, -0.2) is 8.42 Å². The molecule has 0 aliphatic rings. The zero-order chi connectivity index (χ0) is 8.48. The van der Waals surface area contributed by atoms with Crippen LogP contribution in [0.5, 0.6) is 0 Å². The maximum atomic E-state index is 10.6. The summed E-state index contributed by atoms with van der Waals surface area (Å²) in [6.07, 6.45) is 1.35. The Balaban J connectivity index is 3.07. The first kappa shape index (κ1) is 8.36. The lowest BCUT2D eigenvalue weighted by molar-refractivity contribution is 0.554. The van der Waals surface area contributed by atoms with Crippen LogP contribution in [0, 0.1) is 0 Å². The van der Waals surface area contributed by atoms with E-state index in [2.05, 4.69) is 6.58 Å². The van der Waals surface area contributed by atoms with Crippen molar-refractivity contribution < 1.29 is 12.8 Å². The quantitative estimate of drug-likeness (QED) is 0.672. The minimum absolute atomic E-state index is 0.167. The van der Waals surface area contributed by atoms with Crippen LogP contribution < -0.4 is 0 Å². The predicted octanol–water partition coefficient (Wildman–Crippen LogP) is 1.82. The van der Waals surface area contributed by atoms with Crippen LogP contribution in [-0.2, 0) is 9.05 Å². The van der Waals surface area contributed by atoms with Gasteiger partial charge >= 0.3 is 0 Å². The van der Waals surface area contributed by atoms with E-state index in [1.807, 2.05) is 0 Å². The van der Waals surface area contributed by atoms with Crippen LogP contribution in [0.2, 0.25) is 0 Å². The van der Waals surface area contributed by atoms with Crippen LogP contribution in [0.15, 0.2) is 29.4 Å². The molecule has 0 spiro atoms. The first-order valence-electron chi connectivity index (χ1n) is 2.69. The number of furan rings is 1. The van der Waals surface area contributed by atoms with Gasteiger partial charge in [-0.05, 0) is 12.1 Å². The van der Waals surface area contributed by atoms with Crippen molar-refractivity contribution >= 4 is 24.6 Å². The molecule has 1 aromatic heterocycles. The summed E-state index contributed by atoms with van der Waals surface area (Å²) in [4.78, 5) is -0.218. The molecular formula is C6H5ClO3S. The van der Waals surface area contributed by atoms with Gasteiger partial charge in [-0.3, -0.25) is 0 Å². The largest absolute Gasteiger partial charge is 0.464 e. The van der Waals surface area contributed by atoms with E-state index in [1.54, 1.807) is 6.07 Å². The highest BCUT2D eigenvalue weighted by Crippen LogP contribution is 2.21. The second kappa shape index (κ2) is 2.71. The molecule has 0 N–H and O–H groups in total. The summed E-state index contributed by atoms with van der Waals surface area (Å²) < 4.78 is 26.0. The molecule has 0 amide bonds. The predicted molar refractivity (Wildman–Crippen MR) is 42.5 cm³/mol. The van der Waals surface area contributed by atoms with Crippen molar-refractivity contribution in [2.75, 3.05) is 0 Å². The fraction of sp³-hybridized carbons (Fsp3) is 0. The van der Waals surface area contributed by atoms with E-state index < -0.39 is 9.05 Å². The summed E-state index contributed by atoms with van der Waals surface area (Å²) >= 11 is 0. The highest BCUT2D eigenvalue weighted by Gasteiger charge is 2.15. The third-order valence-electron chi connectivity index (χ3n) is 1.09. The van der Waals surface area contributed by atoms with Gasteiger partial charge in [0.1, 0.15) is 10.7 Å². The van der Waals surface area contributed by atoms with Gasteiger partial charge in [-0.15, -0.1) is 0 Å². The summed E-state index contributed by atoms with van der Waals surface area (Å²) in [5, 5.41) is 0. The summed E-state index contributed by atoms with van der Waals surface area (Å²) in [6, 6.07) is 3.03. The van der Waals surface area contributed by atoms with Crippen molar-refractivity contribution in [2.24, 2.45) is 0 Å². The standard InChI is InChI=1S/C6H5ClO3S/c1-5(11(7,8)9)6-3-2-4-10-6/h2-4H,1H2. The lowest BCUT2D eigenvalue weighted by Gasteiger charge is -1.93. The molecule has 0 atom stereocenters. The normalized spacial score (nSPS) is 11.4. The molecule has 0 saturated heterocycles. The SMILES string of the molecule is C=C(c1ccco1)S(=O)(=O)Cl. The van der Waals surface area contributed by atoms with E-state index in [0.29, 0.717) is 0 Å². The molecular weight excluding hydrogens is 188 g/mol. The molecule has 0 radical (unpaired) electrons. The molecule has 0 unspecified atom stereocenters. The number of hydrogen-bond acceptors (Lipinski definition) is 3. The first-order chi connectivity index (χ1) is 5.02. The van der Waals surface area contributed by atoms with Crippen molar-refractivity contribution in [3.05, 3.63) is 30.7 Å². The van der Waals surface area contributed by atoms with Crippen LogP contribution in [0.3, 0.4) is 0 Å². The zero-order valence-corrected chi connectivity index (χ0v) is 7.02. The van der Waals surface area contributed by atoms with E-state index in [9.17, 15) is 8.42 Å². The molecule has 5 heteroatoms. The molecule has 3 nitrogen and oxygen atoms in total. The van der Waals surface area contributed by atoms with Gasteiger partial charge in [-0.1, -0.05) is 6.58 Å². The third kappa shape index (κ3) is 1.85. The number of halogens is 1. The van der Waals surface area contributed by atoms with E-state index >= 15 is 0 Å². The minimum atomic E-state index is -3.74. The highest BCUT2D eigenvalue weighted by atomic mass is 35.7. The lowest BCUT2D eigenvalue weighted by Crippen LogP contribution is -1.90. The van der Waals surface area contributed by atoms with E-state index in [0.717, 1.165) is 0 Å². The van der Waals surface area contributed by atoms with Gasteiger partial charge in [0.15, 0.2) is 0 Å². The van der Waals surface area contributed by atoms with Gasteiger partial charge in [0, 0.05) is 10.7 Å². The minimum Gasteiger partial charge on any atom is -0.464 e. The summed E-state index contributed by atoms with van der Waals surface area (Å²) in [7, 11) is 1.25. The maximum absolute atomic E-state index is 10.6. The van der Waals surface area contributed by atoms with Crippen molar-refractivity contribution in [1.29, 1.82) is 0 Å². The Labute approximate surface area is 68.7 Å². The lowest BCUT2D eigenvalue weighted by atomic mass is 10.4. The Bertz CT molecular complexity index is 349. The molecule has 60 valence electrons. The van der Waals surface area contributed by atoms with Crippen LogP contribution in [-0.4, -0.2) is 8.42 Å². The van der Waals surface area contributed by atoms with Gasteiger partial charge in [0.05, 0.1) is 6.26 Å². The van der Waals surface area contributed by atoms with Gasteiger partial charge in [0.2, 0.25) is 0 Å². The van der Waals surface area contributed by atoms with Gasteiger partial charge in [-0.2, -0.15) is 0 Å². The van der Waals surface area contributed by atoms with Crippen molar-refractivity contribution in [1.82, 2.24) is 0 Å². The summed E-state index contributed by atoms with van der Waals surface area (Å²) in [5.41, 5.74) is 0. The Morgan fingerprint density at radius 1 is 1.64 bits per heavy atom. The Kier molecular flexibility index (Phi) is 2.06.